The van der Waals surface area contributed by atoms with Crippen LogP contribution in [0.1, 0.15) is 46.4 Å². The summed E-state index contributed by atoms with van der Waals surface area (Å²) in [7, 11) is 0. The van der Waals surface area contributed by atoms with E-state index in [1.807, 2.05) is 52.0 Å². The van der Waals surface area contributed by atoms with Gasteiger partial charge in [-0.25, -0.2) is 0 Å². The molecule has 0 saturated carbocycles. The summed E-state index contributed by atoms with van der Waals surface area (Å²) in [5, 5.41) is 13.6. The summed E-state index contributed by atoms with van der Waals surface area (Å²) in [6, 6.07) is 7.81. The molecule has 2 aliphatic rings. The van der Waals surface area contributed by atoms with Gasteiger partial charge in [-0.15, -0.1) is 0 Å². The summed E-state index contributed by atoms with van der Waals surface area (Å²) in [6.45, 7) is 10.2. The van der Waals surface area contributed by atoms with Crippen molar-refractivity contribution in [3.05, 3.63) is 62.7 Å². The second-order valence-corrected chi connectivity index (χ2v) is 10.6. The van der Waals surface area contributed by atoms with E-state index in [0.29, 0.717) is 17.3 Å². The maximum atomic E-state index is 11.7. The lowest BCUT2D eigenvalue weighted by atomic mass is 9.97. The summed E-state index contributed by atoms with van der Waals surface area (Å²) < 4.78 is 12.3. The lowest BCUT2D eigenvalue weighted by Crippen LogP contribution is -2.33. The molecule has 0 bridgehead atoms. The topological polar surface area (TPSA) is 92.0 Å². The number of rotatable bonds is 6. The van der Waals surface area contributed by atoms with Gasteiger partial charge in [0.25, 0.3) is 11.1 Å². The summed E-state index contributed by atoms with van der Waals surface area (Å²) in [6.07, 6.45) is 3.87. The second-order valence-electron chi connectivity index (χ2n) is 9.56. The molecule has 2 aliphatic heterocycles. The van der Waals surface area contributed by atoms with Crippen molar-refractivity contribution in [3.8, 4) is 11.5 Å². The van der Waals surface area contributed by atoms with Crippen LogP contribution in [0.15, 0.2) is 33.6 Å². The van der Waals surface area contributed by atoms with Gasteiger partial charge in [-0.3, -0.25) is 19.8 Å². The van der Waals surface area contributed by atoms with Crippen LogP contribution in [0.4, 0.5) is 4.79 Å². The van der Waals surface area contributed by atoms with E-state index in [-0.39, 0.29) is 17.2 Å². The van der Waals surface area contributed by atoms with E-state index in [2.05, 4.69) is 10.2 Å². The number of aryl methyl sites for hydroxylation is 3. The Bertz CT molecular complexity index is 1390. The van der Waals surface area contributed by atoms with E-state index in [9.17, 15) is 14.7 Å². The molecular weight excluding hydrogens is 476 g/mol. The third kappa shape index (κ3) is 4.51. The average molecular weight is 507 g/mol. The number of ether oxygens (including phenoxy) is 1. The minimum Gasteiger partial charge on any atom is -0.507 e. The molecule has 7 nitrogen and oxygen atoms in total. The van der Waals surface area contributed by atoms with Gasteiger partial charge in [-0.1, -0.05) is 12.1 Å². The zero-order chi connectivity index (χ0) is 25.6. The maximum Gasteiger partial charge on any atom is 0.290 e. The van der Waals surface area contributed by atoms with Crippen LogP contribution < -0.4 is 10.1 Å². The Hall–Kier alpha value is -3.23. The molecule has 188 valence electrons. The molecule has 0 aliphatic carbocycles. The van der Waals surface area contributed by atoms with Gasteiger partial charge in [0.05, 0.1) is 4.91 Å². The number of phenolic OH excluding ortho intramolecular Hbond substituents is 1. The minimum absolute atomic E-state index is 0.279. The van der Waals surface area contributed by atoms with Gasteiger partial charge >= 0.3 is 0 Å². The first-order valence-electron chi connectivity index (χ1n) is 12.2. The van der Waals surface area contributed by atoms with Crippen molar-refractivity contribution in [2.45, 2.75) is 53.1 Å². The number of furan rings is 1. The number of thioether (sulfide) groups is 1. The first-order valence-corrected chi connectivity index (χ1v) is 13.0. The highest BCUT2D eigenvalue weighted by atomic mass is 32.2. The largest absolute Gasteiger partial charge is 0.507 e. The molecule has 8 heteroatoms. The zero-order valence-electron chi connectivity index (χ0n) is 20.9. The fourth-order valence-corrected chi connectivity index (χ4v) is 5.78. The molecule has 1 atom stereocenters. The molecular formula is C28H30N2O5S. The number of likely N-dealkylation sites (tertiary alicyclic amines) is 1. The lowest BCUT2D eigenvalue weighted by Gasteiger charge is -2.25. The number of carbonyl (C=O) groups is 2. The highest BCUT2D eigenvalue weighted by Gasteiger charge is 2.29. The van der Waals surface area contributed by atoms with Crippen molar-refractivity contribution >= 4 is 40.0 Å². The number of amides is 2. The van der Waals surface area contributed by atoms with E-state index in [1.54, 1.807) is 6.08 Å². The molecule has 36 heavy (non-hydrogen) atoms. The molecule has 2 N–H and O–H groups in total. The highest BCUT2D eigenvalue weighted by molar-refractivity contribution is 8.18. The van der Waals surface area contributed by atoms with Crippen LogP contribution in [0.5, 0.6) is 11.5 Å². The van der Waals surface area contributed by atoms with Gasteiger partial charge in [-0.2, -0.15) is 0 Å². The zero-order valence-corrected chi connectivity index (χ0v) is 21.8. The summed E-state index contributed by atoms with van der Waals surface area (Å²) in [5.41, 5.74) is 5.58. The van der Waals surface area contributed by atoms with Crippen LogP contribution in [0.2, 0.25) is 0 Å². The molecule has 0 unspecified atom stereocenters. The third-order valence-electron chi connectivity index (χ3n) is 7.32. The molecule has 2 fully saturated rings. The Morgan fingerprint density at radius 3 is 2.58 bits per heavy atom. The molecule has 5 rings (SSSR count). The van der Waals surface area contributed by atoms with Crippen molar-refractivity contribution in [1.29, 1.82) is 0 Å². The van der Waals surface area contributed by atoms with Crippen LogP contribution in [0.25, 0.3) is 17.0 Å². The van der Waals surface area contributed by atoms with E-state index >= 15 is 0 Å². The Morgan fingerprint density at radius 1 is 1.14 bits per heavy atom. The molecule has 2 amide bonds. The number of benzene rings is 2. The van der Waals surface area contributed by atoms with Gasteiger partial charge < -0.3 is 14.3 Å². The lowest BCUT2D eigenvalue weighted by molar-refractivity contribution is -0.115. The fraction of sp³-hybridized carbons (Fsp3) is 0.357. The molecule has 2 aromatic carbocycles. The van der Waals surface area contributed by atoms with E-state index in [4.69, 9.17) is 9.15 Å². The molecule has 0 radical (unpaired) electrons. The number of carbonyl (C=O) groups excluding carboxylic acids is 2. The molecule has 3 heterocycles. The van der Waals surface area contributed by atoms with Crippen molar-refractivity contribution in [3.63, 3.8) is 0 Å². The highest BCUT2D eigenvalue weighted by Crippen LogP contribution is 2.39. The number of imide groups is 1. The van der Waals surface area contributed by atoms with Crippen LogP contribution >= 0.6 is 11.8 Å². The van der Waals surface area contributed by atoms with Gasteiger partial charge in [0.1, 0.15) is 29.4 Å². The van der Waals surface area contributed by atoms with Crippen LogP contribution in [-0.4, -0.2) is 40.3 Å². The standard InChI is InChI=1S/C28H30N2O5S/c1-15-16(2)26-24(17(3)25(15)31)22(18(4)35-26)13-30-11-5-6-20(30)14-34-21-9-7-19(8-10-21)12-23-27(32)29-28(33)36-23/h7-10,12,20,31H,5-6,11,13-14H2,1-4H3,(H,29,32,33)/b23-12-/t20-/m0/s1. The third-order valence-corrected chi connectivity index (χ3v) is 8.13. The van der Waals surface area contributed by atoms with Crippen LogP contribution in [-0.2, 0) is 11.3 Å². The number of phenols is 1. The van der Waals surface area contributed by atoms with Crippen molar-refractivity contribution in [2.24, 2.45) is 0 Å². The minimum atomic E-state index is -0.358. The maximum absolute atomic E-state index is 11.7. The van der Waals surface area contributed by atoms with Crippen molar-refractivity contribution < 1.29 is 23.8 Å². The first kappa shape index (κ1) is 24.5. The quantitative estimate of drug-likeness (QED) is 0.412. The van der Waals surface area contributed by atoms with Gasteiger partial charge in [-0.05, 0) is 93.7 Å². The molecule has 1 aromatic heterocycles. The van der Waals surface area contributed by atoms with Crippen molar-refractivity contribution in [1.82, 2.24) is 10.2 Å². The smallest absolute Gasteiger partial charge is 0.290 e. The Morgan fingerprint density at radius 2 is 1.89 bits per heavy atom. The van der Waals surface area contributed by atoms with Gasteiger partial charge in [0.15, 0.2) is 0 Å². The summed E-state index contributed by atoms with van der Waals surface area (Å²) >= 11 is 0.910. The summed E-state index contributed by atoms with van der Waals surface area (Å²) in [5.74, 6) is 1.65. The Kier molecular flexibility index (Phi) is 6.57. The fourth-order valence-electron chi connectivity index (χ4n) is 5.10. The van der Waals surface area contributed by atoms with Gasteiger partial charge in [0.2, 0.25) is 0 Å². The average Bonchev–Trinajstić information content (AvgIpc) is 3.53. The number of hydrogen-bond acceptors (Lipinski definition) is 7. The second kappa shape index (κ2) is 9.67. The van der Waals surface area contributed by atoms with Crippen molar-refractivity contribution in [2.75, 3.05) is 13.2 Å². The SMILES string of the molecule is Cc1oc2c(C)c(C)c(O)c(C)c2c1CN1CCC[C@H]1COc1ccc(/C=C2\SC(=O)NC2=O)cc1. The predicted octanol–water partition coefficient (Wildman–Crippen LogP) is 5.74. The number of fused-ring (bicyclic) bond motifs is 1. The predicted molar refractivity (Wildman–Crippen MR) is 141 cm³/mol. The number of nitrogens with one attached hydrogen (secondary N) is 1. The molecule has 0 spiro atoms. The Labute approximate surface area is 214 Å². The van der Waals surface area contributed by atoms with E-state index < -0.39 is 0 Å². The van der Waals surface area contributed by atoms with Crippen LogP contribution in [0.3, 0.4) is 0 Å². The van der Waals surface area contributed by atoms with Gasteiger partial charge in [0, 0.05) is 29.1 Å². The normalized spacial score (nSPS) is 19.6. The Balaban J connectivity index is 1.28. The number of aromatic hydroxyl groups is 1. The van der Waals surface area contributed by atoms with Crippen LogP contribution in [0, 0.1) is 27.7 Å². The number of nitrogens with zero attached hydrogens (tertiary/aromatic N) is 1. The molecule has 2 saturated heterocycles. The number of hydrogen-bond donors (Lipinski definition) is 2. The van der Waals surface area contributed by atoms with E-state index in [1.165, 1.54) is 0 Å². The summed E-state index contributed by atoms with van der Waals surface area (Å²) in [4.78, 5) is 25.9. The van der Waals surface area contributed by atoms with E-state index in [0.717, 1.165) is 88.0 Å². The monoisotopic (exact) mass is 506 g/mol. The molecule has 3 aromatic rings. The first-order chi connectivity index (χ1) is 17.2.